The van der Waals surface area contributed by atoms with Gasteiger partial charge in [-0.1, -0.05) is 0 Å². The summed E-state index contributed by atoms with van der Waals surface area (Å²) >= 11 is 3.48. The Hall–Kier alpha value is -0.390. The highest BCUT2D eigenvalue weighted by Gasteiger charge is 2.22. The van der Waals surface area contributed by atoms with Crippen LogP contribution >= 0.6 is 15.9 Å². The molecule has 1 N–H and O–H groups in total. The van der Waals surface area contributed by atoms with Gasteiger partial charge in [-0.2, -0.15) is 5.10 Å². The molecule has 1 aromatic rings. The maximum atomic E-state index is 5.31. The van der Waals surface area contributed by atoms with Crippen molar-refractivity contribution >= 4 is 15.9 Å². The monoisotopic (exact) mass is 261 g/mol. The van der Waals surface area contributed by atoms with Crippen LogP contribution in [0, 0.1) is 0 Å². The highest BCUT2D eigenvalue weighted by Crippen LogP contribution is 2.25. The summed E-state index contributed by atoms with van der Waals surface area (Å²) in [6, 6.07) is 0.141. The zero-order valence-corrected chi connectivity index (χ0v) is 10.5. The molecule has 1 heterocycles. The van der Waals surface area contributed by atoms with E-state index in [0.717, 1.165) is 10.2 Å². The van der Waals surface area contributed by atoms with Crippen molar-refractivity contribution in [2.75, 3.05) is 14.2 Å². The van der Waals surface area contributed by atoms with E-state index >= 15 is 0 Å². The lowest BCUT2D eigenvalue weighted by Crippen LogP contribution is -2.30. The van der Waals surface area contributed by atoms with Crippen LogP contribution < -0.4 is 5.32 Å². The molecule has 2 unspecified atom stereocenters. The van der Waals surface area contributed by atoms with Gasteiger partial charge in [-0.25, -0.2) is 0 Å². The number of nitrogens with zero attached hydrogens (tertiary/aromatic N) is 2. The van der Waals surface area contributed by atoms with E-state index in [0.29, 0.717) is 0 Å². The lowest BCUT2D eigenvalue weighted by atomic mass is 10.1. The van der Waals surface area contributed by atoms with Crippen LogP contribution in [0.2, 0.25) is 0 Å². The number of hydrogen-bond acceptors (Lipinski definition) is 3. The van der Waals surface area contributed by atoms with Crippen LogP contribution in [0.4, 0.5) is 0 Å². The van der Waals surface area contributed by atoms with Crippen LogP contribution in [0.3, 0.4) is 0 Å². The lowest BCUT2D eigenvalue weighted by Gasteiger charge is -2.22. The topological polar surface area (TPSA) is 39.1 Å². The fraction of sp³-hybridized carbons (Fsp3) is 0.667. The van der Waals surface area contributed by atoms with Crippen LogP contribution in [-0.4, -0.2) is 30.0 Å². The quantitative estimate of drug-likeness (QED) is 0.893. The van der Waals surface area contributed by atoms with Gasteiger partial charge in [-0.05, 0) is 29.9 Å². The van der Waals surface area contributed by atoms with Gasteiger partial charge in [0.15, 0.2) is 0 Å². The Kier molecular flexibility index (Phi) is 4.10. The second-order valence-corrected chi connectivity index (χ2v) is 4.06. The number of rotatable bonds is 4. The third kappa shape index (κ3) is 2.16. The van der Waals surface area contributed by atoms with E-state index < -0.39 is 0 Å². The number of hydrogen-bond donors (Lipinski definition) is 1. The first kappa shape index (κ1) is 11.7. The van der Waals surface area contributed by atoms with Gasteiger partial charge in [0.2, 0.25) is 0 Å². The first-order valence-corrected chi connectivity index (χ1v) is 5.28. The predicted octanol–water partition coefficient (Wildman–Crippen LogP) is 1.48. The second-order valence-electron chi connectivity index (χ2n) is 3.21. The Morgan fingerprint density at radius 1 is 1.64 bits per heavy atom. The van der Waals surface area contributed by atoms with Gasteiger partial charge < -0.3 is 10.1 Å². The van der Waals surface area contributed by atoms with Crippen LogP contribution in [0.15, 0.2) is 10.7 Å². The van der Waals surface area contributed by atoms with Crippen molar-refractivity contribution in [3.05, 3.63) is 16.4 Å². The second kappa shape index (κ2) is 4.91. The van der Waals surface area contributed by atoms with Crippen molar-refractivity contribution in [1.29, 1.82) is 0 Å². The van der Waals surface area contributed by atoms with Crippen molar-refractivity contribution in [3.63, 3.8) is 0 Å². The zero-order chi connectivity index (χ0) is 10.7. The van der Waals surface area contributed by atoms with Crippen LogP contribution in [0.25, 0.3) is 0 Å². The Labute approximate surface area is 92.8 Å². The number of methoxy groups -OCH3 is 1. The number of halogens is 1. The van der Waals surface area contributed by atoms with E-state index in [2.05, 4.69) is 26.3 Å². The summed E-state index contributed by atoms with van der Waals surface area (Å²) in [6.45, 7) is 2.03. The van der Waals surface area contributed by atoms with Crippen molar-refractivity contribution < 1.29 is 4.74 Å². The highest BCUT2D eigenvalue weighted by atomic mass is 79.9. The summed E-state index contributed by atoms with van der Waals surface area (Å²) in [4.78, 5) is 0. The molecule has 0 spiro atoms. The standard InChI is InChI=1S/C9H16BrN3O/c1-6(14-4)8(11-2)9-7(10)5-12-13(9)3/h5-6,8,11H,1-4H3. The molecule has 1 aromatic heterocycles. The average molecular weight is 262 g/mol. The van der Waals surface area contributed by atoms with E-state index in [1.54, 1.807) is 13.3 Å². The summed E-state index contributed by atoms with van der Waals surface area (Å²) in [5, 5.41) is 7.40. The average Bonchev–Trinajstić information content (AvgIpc) is 2.50. The van der Waals surface area contributed by atoms with Crippen molar-refractivity contribution in [3.8, 4) is 0 Å². The van der Waals surface area contributed by atoms with E-state index in [1.165, 1.54) is 0 Å². The minimum atomic E-state index is 0.103. The van der Waals surface area contributed by atoms with E-state index in [1.807, 2.05) is 25.7 Å². The van der Waals surface area contributed by atoms with Crippen LogP contribution in [-0.2, 0) is 11.8 Å². The maximum absolute atomic E-state index is 5.31. The molecule has 0 fully saturated rings. The van der Waals surface area contributed by atoms with Crippen LogP contribution in [0.5, 0.6) is 0 Å². The largest absolute Gasteiger partial charge is 0.380 e. The molecule has 0 saturated heterocycles. The normalized spacial score (nSPS) is 15.5. The molecule has 0 radical (unpaired) electrons. The van der Waals surface area contributed by atoms with Gasteiger partial charge in [0.1, 0.15) is 0 Å². The van der Waals surface area contributed by atoms with Crippen LogP contribution in [0.1, 0.15) is 18.7 Å². The Balaban J connectivity index is 2.99. The summed E-state index contributed by atoms with van der Waals surface area (Å²) in [6.07, 6.45) is 1.90. The summed E-state index contributed by atoms with van der Waals surface area (Å²) < 4.78 is 8.16. The fourth-order valence-corrected chi connectivity index (χ4v) is 2.09. The molecule has 1 rings (SSSR count). The third-order valence-corrected chi connectivity index (χ3v) is 3.00. The smallest absolute Gasteiger partial charge is 0.0764 e. The number of likely N-dealkylation sites (N-methyl/N-ethyl adjacent to an activating group) is 1. The molecule has 0 bridgehead atoms. The van der Waals surface area contributed by atoms with E-state index in [-0.39, 0.29) is 12.1 Å². The minimum Gasteiger partial charge on any atom is -0.380 e. The molecule has 0 saturated carbocycles. The van der Waals surface area contributed by atoms with Gasteiger partial charge in [-0.15, -0.1) is 0 Å². The number of nitrogens with one attached hydrogen (secondary N) is 1. The van der Waals surface area contributed by atoms with E-state index in [9.17, 15) is 0 Å². The van der Waals surface area contributed by atoms with E-state index in [4.69, 9.17) is 4.74 Å². The highest BCUT2D eigenvalue weighted by molar-refractivity contribution is 9.10. The molecule has 0 aliphatic heterocycles. The predicted molar refractivity (Wildman–Crippen MR) is 59.2 cm³/mol. The lowest BCUT2D eigenvalue weighted by molar-refractivity contribution is 0.0828. The fourth-order valence-electron chi connectivity index (χ4n) is 1.50. The SMILES string of the molecule is CNC(c1c(Br)cnn1C)C(C)OC. The van der Waals surface area contributed by atoms with Gasteiger partial charge in [0, 0.05) is 14.2 Å². The number of ether oxygens (including phenoxy) is 1. The number of aryl methyl sites for hydroxylation is 1. The Morgan fingerprint density at radius 2 is 2.29 bits per heavy atom. The summed E-state index contributed by atoms with van der Waals surface area (Å²) in [5.74, 6) is 0. The van der Waals surface area contributed by atoms with Gasteiger partial charge in [0.05, 0.1) is 28.5 Å². The molecule has 5 heteroatoms. The molecule has 4 nitrogen and oxygen atoms in total. The molecule has 0 aliphatic carbocycles. The zero-order valence-electron chi connectivity index (χ0n) is 8.91. The number of aromatic nitrogens is 2. The molecular formula is C9H16BrN3O. The van der Waals surface area contributed by atoms with Gasteiger partial charge in [-0.3, -0.25) is 4.68 Å². The van der Waals surface area contributed by atoms with Crippen molar-refractivity contribution in [2.45, 2.75) is 19.1 Å². The summed E-state index contributed by atoms with van der Waals surface area (Å²) in [7, 11) is 5.55. The summed E-state index contributed by atoms with van der Waals surface area (Å²) in [5.41, 5.74) is 1.10. The Bertz CT molecular complexity index is 281. The first-order chi connectivity index (χ1) is 6.61. The molecule has 14 heavy (non-hydrogen) atoms. The molecule has 0 amide bonds. The third-order valence-electron chi connectivity index (χ3n) is 2.38. The van der Waals surface area contributed by atoms with Crippen molar-refractivity contribution in [2.24, 2.45) is 7.05 Å². The van der Waals surface area contributed by atoms with Crippen molar-refractivity contribution in [1.82, 2.24) is 15.1 Å². The molecular weight excluding hydrogens is 246 g/mol. The molecule has 2 atom stereocenters. The van der Waals surface area contributed by atoms with Gasteiger partial charge >= 0.3 is 0 Å². The maximum Gasteiger partial charge on any atom is 0.0764 e. The molecule has 80 valence electrons. The minimum absolute atomic E-state index is 0.103. The Morgan fingerprint density at radius 3 is 2.64 bits per heavy atom. The molecule has 0 aliphatic rings. The van der Waals surface area contributed by atoms with Gasteiger partial charge in [0.25, 0.3) is 0 Å². The molecule has 0 aromatic carbocycles. The first-order valence-electron chi connectivity index (χ1n) is 4.49.